The first-order valence-electron chi connectivity index (χ1n) is 4.59. The molecule has 1 fully saturated rings. The molecule has 74 valence electrons. The Morgan fingerprint density at radius 1 is 1.38 bits per heavy atom. The molecule has 1 aliphatic carbocycles. The molecular weight excluding hydrogens is 168 g/mol. The largest absolute Gasteiger partial charge is 0.481 e. The highest BCUT2D eigenvalue weighted by molar-refractivity contribution is 5.77. The van der Waals surface area contributed by atoms with Crippen molar-refractivity contribution in [1.82, 2.24) is 0 Å². The lowest BCUT2D eigenvalue weighted by Gasteiger charge is -1.99. The van der Waals surface area contributed by atoms with Gasteiger partial charge in [0, 0.05) is 6.42 Å². The Morgan fingerprint density at radius 2 is 1.92 bits per heavy atom. The van der Waals surface area contributed by atoms with E-state index in [1.807, 2.05) is 13.8 Å². The summed E-state index contributed by atoms with van der Waals surface area (Å²) in [6, 6.07) is 0. The minimum Gasteiger partial charge on any atom is -0.481 e. The van der Waals surface area contributed by atoms with Gasteiger partial charge in [0.15, 0.2) is 0 Å². The van der Waals surface area contributed by atoms with Gasteiger partial charge in [-0.1, -0.05) is 13.8 Å². The van der Waals surface area contributed by atoms with Crippen LogP contribution in [0.25, 0.3) is 0 Å². The number of carbonyl (C=O) groups is 2. The molecular formula is C10H16O3. The summed E-state index contributed by atoms with van der Waals surface area (Å²) in [6.07, 6.45) is 1.23. The molecule has 0 aliphatic heterocycles. The zero-order valence-corrected chi connectivity index (χ0v) is 8.33. The molecule has 2 atom stereocenters. The minimum atomic E-state index is -0.724. The third-order valence-electron chi connectivity index (χ3n) is 3.12. The van der Waals surface area contributed by atoms with Crippen LogP contribution < -0.4 is 0 Å². The maximum Gasteiger partial charge on any atom is 0.307 e. The van der Waals surface area contributed by atoms with Crippen LogP contribution in [-0.4, -0.2) is 16.9 Å². The zero-order valence-electron chi connectivity index (χ0n) is 8.33. The van der Waals surface area contributed by atoms with Crippen molar-refractivity contribution in [2.45, 2.75) is 33.6 Å². The molecule has 1 rings (SSSR count). The second kappa shape index (κ2) is 3.13. The van der Waals surface area contributed by atoms with Crippen molar-refractivity contribution in [2.24, 2.45) is 17.3 Å². The Balaban J connectivity index is 2.46. The number of hydrogen-bond donors (Lipinski definition) is 1. The molecule has 3 nitrogen and oxygen atoms in total. The third kappa shape index (κ3) is 1.90. The fourth-order valence-electron chi connectivity index (χ4n) is 2.13. The quantitative estimate of drug-likeness (QED) is 0.723. The fraction of sp³-hybridized carbons (Fsp3) is 0.800. The van der Waals surface area contributed by atoms with E-state index < -0.39 is 5.97 Å². The number of rotatable bonds is 4. The molecule has 0 aromatic heterocycles. The smallest absolute Gasteiger partial charge is 0.307 e. The van der Waals surface area contributed by atoms with Crippen LogP contribution in [-0.2, 0) is 9.59 Å². The second-order valence-corrected chi connectivity index (χ2v) is 4.48. The average Bonchev–Trinajstić information content (AvgIpc) is 2.48. The van der Waals surface area contributed by atoms with Gasteiger partial charge >= 0.3 is 5.97 Å². The molecule has 3 heteroatoms. The summed E-state index contributed by atoms with van der Waals surface area (Å²) in [7, 11) is 0. The van der Waals surface area contributed by atoms with E-state index in [1.54, 1.807) is 6.92 Å². The fourth-order valence-corrected chi connectivity index (χ4v) is 2.13. The summed E-state index contributed by atoms with van der Waals surface area (Å²) in [6.45, 7) is 5.46. The molecule has 0 aromatic rings. The van der Waals surface area contributed by atoms with Crippen LogP contribution in [0.3, 0.4) is 0 Å². The molecule has 13 heavy (non-hydrogen) atoms. The molecule has 2 unspecified atom stereocenters. The molecule has 0 heterocycles. The summed E-state index contributed by atoms with van der Waals surface area (Å²) in [5.41, 5.74) is -0.110. The van der Waals surface area contributed by atoms with Crippen LogP contribution in [0.5, 0.6) is 0 Å². The first-order valence-corrected chi connectivity index (χ1v) is 4.59. The van der Waals surface area contributed by atoms with Gasteiger partial charge in [0.2, 0.25) is 0 Å². The normalized spacial score (nSPS) is 29.8. The van der Waals surface area contributed by atoms with Crippen LogP contribution in [0.15, 0.2) is 0 Å². The SMILES string of the molecule is CC(=O)CCC1C(C(=O)O)C1(C)C. The molecule has 1 N–H and O–H groups in total. The van der Waals surface area contributed by atoms with Crippen molar-refractivity contribution in [3.8, 4) is 0 Å². The third-order valence-corrected chi connectivity index (χ3v) is 3.12. The first-order chi connectivity index (χ1) is 5.87. The van der Waals surface area contributed by atoms with Crippen molar-refractivity contribution in [2.75, 3.05) is 0 Å². The molecule has 0 amide bonds. The lowest BCUT2D eigenvalue weighted by Crippen LogP contribution is -2.03. The molecule has 1 saturated carbocycles. The lowest BCUT2D eigenvalue weighted by atomic mass is 10.1. The van der Waals surface area contributed by atoms with Crippen molar-refractivity contribution in [1.29, 1.82) is 0 Å². The van der Waals surface area contributed by atoms with Gasteiger partial charge in [-0.3, -0.25) is 4.79 Å². The Morgan fingerprint density at radius 3 is 2.23 bits per heavy atom. The summed E-state index contributed by atoms with van der Waals surface area (Å²) < 4.78 is 0. The Kier molecular flexibility index (Phi) is 2.46. The average molecular weight is 184 g/mol. The summed E-state index contributed by atoms with van der Waals surface area (Å²) in [4.78, 5) is 21.5. The maximum atomic E-state index is 10.7. The number of carbonyl (C=O) groups excluding carboxylic acids is 1. The predicted octanol–water partition coefficient (Wildman–Crippen LogP) is 1.71. The Hall–Kier alpha value is -0.860. The topological polar surface area (TPSA) is 54.4 Å². The number of ketones is 1. The van der Waals surface area contributed by atoms with Gasteiger partial charge in [-0.2, -0.15) is 0 Å². The highest BCUT2D eigenvalue weighted by Gasteiger charge is 2.61. The van der Waals surface area contributed by atoms with Crippen LogP contribution in [0.1, 0.15) is 33.6 Å². The van der Waals surface area contributed by atoms with Crippen molar-refractivity contribution < 1.29 is 14.7 Å². The van der Waals surface area contributed by atoms with Gasteiger partial charge in [-0.05, 0) is 24.7 Å². The summed E-state index contributed by atoms with van der Waals surface area (Å²) in [5.74, 6) is -0.633. The maximum absolute atomic E-state index is 10.7. The monoisotopic (exact) mass is 184 g/mol. The second-order valence-electron chi connectivity index (χ2n) is 4.48. The standard InChI is InChI=1S/C10H16O3/c1-6(11)4-5-7-8(9(12)13)10(7,2)3/h7-8H,4-5H2,1-3H3,(H,12,13). The Bertz CT molecular complexity index is 243. The molecule has 0 bridgehead atoms. The zero-order chi connectivity index (χ0) is 10.2. The molecule has 0 radical (unpaired) electrons. The van der Waals surface area contributed by atoms with Crippen LogP contribution in [0.2, 0.25) is 0 Å². The van der Waals surface area contributed by atoms with Gasteiger partial charge in [0.05, 0.1) is 5.92 Å². The van der Waals surface area contributed by atoms with Crippen LogP contribution in [0.4, 0.5) is 0 Å². The molecule has 0 aromatic carbocycles. The number of carboxylic acids is 1. The number of carboxylic acid groups (broad SMARTS) is 1. The number of hydrogen-bond acceptors (Lipinski definition) is 2. The van der Waals surface area contributed by atoms with Crippen molar-refractivity contribution in [3.05, 3.63) is 0 Å². The minimum absolute atomic E-state index is 0.110. The van der Waals surface area contributed by atoms with E-state index in [4.69, 9.17) is 5.11 Å². The molecule has 1 aliphatic rings. The van der Waals surface area contributed by atoms with E-state index in [-0.39, 0.29) is 23.0 Å². The highest BCUT2D eigenvalue weighted by atomic mass is 16.4. The predicted molar refractivity (Wildman–Crippen MR) is 48.3 cm³/mol. The Labute approximate surface area is 78.1 Å². The summed E-state index contributed by atoms with van der Waals surface area (Å²) >= 11 is 0. The highest BCUT2D eigenvalue weighted by Crippen LogP contribution is 2.60. The van der Waals surface area contributed by atoms with E-state index >= 15 is 0 Å². The van der Waals surface area contributed by atoms with Gasteiger partial charge in [-0.15, -0.1) is 0 Å². The van der Waals surface area contributed by atoms with Gasteiger partial charge in [0.25, 0.3) is 0 Å². The van der Waals surface area contributed by atoms with Crippen LogP contribution in [0, 0.1) is 17.3 Å². The van der Waals surface area contributed by atoms with Crippen molar-refractivity contribution in [3.63, 3.8) is 0 Å². The molecule has 0 spiro atoms. The van der Waals surface area contributed by atoms with Gasteiger partial charge in [0.1, 0.15) is 5.78 Å². The van der Waals surface area contributed by atoms with E-state index in [0.29, 0.717) is 6.42 Å². The number of Topliss-reactive ketones (excluding diaryl/α,β-unsaturated/α-hetero) is 1. The van der Waals surface area contributed by atoms with E-state index in [9.17, 15) is 9.59 Å². The van der Waals surface area contributed by atoms with Gasteiger partial charge in [-0.25, -0.2) is 0 Å². The van der Waals surface area contributed by atoms with Crippen LogP contribution >= 0.6 is 0 Å². The molecule has 0 saturated heterocycles. The summed E-state index contributed by atoms with van der Waals surface area (Å²) in [5, 5.41) is 8.84. The van der Waals surface area contributed by atoms with E-state index in [1.165, 1.54) is 0 Å². The number of aliphatic carboxylic acids is 1. The lowest BCUT2D eigenvalue weighted by molar-refractivity contribution is -0.139. The first kappa shape index (κ1) is 10.2. The van der Waals surface area contributed by atoms with Crippen molar-refractivity contribution >= 4 is 11.8 Å². The van der Waals surface area contributed by atoms with E-state index in [0.717, 1.165) is 6.42 Å². The van der Waals surface area contributed by atoms with E-state index in [2.05, 4.69) is 0 Å². The van der Waals surface area contributed by atoms with Gasteiger partial charge < -0.3 is 9.90 Å².